The maximum Gasteiger partial charge on any atom is 0.120 e. The molecule has 86 valence electrons. The normalized spacial score (nSPS) is 17.2. The molecule has 0 aromatic heterocycles. The van der Waals surface area contributed by atoms with Gasteiger partial charge in [-0.1, -0.05) is 24.3 Å². The number of carbonyl (C=O) groups is 1. The lowest BCUT2D eigenvalue weighted by atomic mass is 9.87. The molecule has 1 heterocycles. The summed E-state index contributed by atoms with van der Waals surface area (Å²) in [6.07, 6.45) is 4.72. The lowest BCUT2D eigenvalue weighted by molar-refractivity contribution is -0.107. The van der Waals surface area contributed by atoms with Crippen molar-refractivity contribution in [2.45, 2.75) is 31.6 Å². The van der Waals surface area contributed by atoms with E-state index in [2.05, 4.69) is 24.3 Å². The zero-order valence-corrected chi connectivity index (χ0v) is 9.52. The van der Waals surface area contributed by atoms with Crippen molar-refractivity contribution in [3.63, 3.8) is 0 Å². The summed E-state index contributed by atoms with van der Waals surface area (Å²) in [6.45, 7) is 1.74. The minimum Gasteiger partial charge on any atom is -0.381 e. The first-order valence-electron chi connectivity index (χ1n) is 6.01. The van der Waals surface area contributed by atoms with Crippen LogP contribution in [0, 0.1) is 0 Å². The number of ether oxygens (including phenoxy) is 1. The first-order chi connectivity index (χ1) is 7.92. The van der Waals surface area contributed by atoms with Gasteiger partial charge in [-0.3, -0.25) is 0 Å². The highest BCUT2D eigenvalue weighted by atomic mass is 16.5. The Morgan fingerprint density at radius 2 is 2.00 bits per heavy atom. The van der Waals surface area contributed by atoms with Gasteiger partial charge in [0.15, 0.2) is 0 Å². The van der Waals surface area contributed by atoms with Crippen molar-refractivity contribution in [3.8, 4) is 0 Å². The Bertz CT molecular complexity index is 340. The van der Waals surface area contributed by atoms with E-state index in [1.54, 1.807) is 0 Å². The van der Waals surface area contributed by atoms with Crippen LogP contribution in [-0.2, 0) is 16.0 Å². The van der Waals surface area contributed by atoms with Crippen LogP contribution in [0.25, 0.3) is 0 Å². The number of aldehydes is 1. The molecule has 0 amide bonds. The summed E-state index contributed by atoms with van der Waals surface area (Å²) < 4.78 is 5.39. The fraction of sp³-hybridized carbons (Fsp3) is 0.500. The quantitative estimate of drug-likeness (QED) is 0.726. The van der Waals surface area contributed by atoms with Crippen LogP contribution in [0.5, 0.6) is 0 Å². The summed E-state index contributed by atoms with van der Waals surface area (Å²) >= 11 is 0. The third-order valence-corrected chi connectivity index (χ3v) is 3.25. The Hall–Kier alpha value is -1.15. The Kier molecular flexibility index (Phi) is 4.11. The Balaban J connectivity index is 2.14. The number of rotatable bonds is 4. The predicted molar refractivity (Wildman–Crippen MR) is 63.6 cm³/mol. The minimum absolute atomic E-state index is 0.622. The summed E-state index contributed by atoms with van der Waals surface area (Å²) in [6, 6.07) is 8.50. The van der Waals surface area contributed by atoms with Gasteiger partial charge in [-0.05, 0) is 36.3 Å². The Morgan fingerprint density at radius 3 is 2.75 bits per heavy atom. The van der Waals surface area contributed by atoms with E-state index < -0.39 is 0 Å². The number of benzene rings is 1. The van der Waals surface area contributed by atoms with Crippen molar-refractivity contribution in [3.05, 3.63) is 35.4 Å². The first kappa shape index (κ1) is 11.3. The molecular formula is C14H18O2. The van der Waals surface area contributed by atoms with Crippen LogP contribution in [0.15, 0.2) is 24.3 Å². The largest absolute Gasteiger partial charge is 0.381 e. The van der Waals surface area contributed by atoms with Crippen molar-refractivity contribution in [2.24, 2.45) is 0 Å². The summed E-state index contributed by atoms with van der Waals surface area (Å²) in [4.78, 5) is 10.4. The molecule has 0 radical (unpaired) electrons. The third kappa shape index (κ3) is 2.70. The lowest BCUT2D eigenvalue weighted by Crippen LogP contribution is -2.15. The monoisotopic (exact) mass is 218 g/mol. The molecule has 1 aliphatic heterocycles. The van der Waals surface area contributed by atoms with Gasteiger partial charge in [-0.2, -0.15) is 0 Å². The van der Waals surface area contributed by atoms with E-state index in [-0.39, 0.29) is 0 Å². The van der Waals surface area contributed by atoms with Gasteiger partial charge in [0.2, 0.25) is 0 Å². The van der Waals surface area contributed by atoms with Gasteiger partial charge < -0.3 is 9.53 Å². The topological polar surface area (TPSA) is 26.3 Å². The standard InChI is InChI=1S/C14H18O2/c15-9-3-5-12-4-1-2-6-14(12)13-7-10-16-11-8-13/h1-2,4,6,9,13H,3,5,7-8,10-11H2. The van der Waals surface area contributed by atoms with Crippen LogP contribution in [0.1, 0.15) is 36.3 Å². The average Bonchev–Trinajstić information content (AvgIpc) is 2.38. The fourth-order valence-corrected chi connectivity index (χ4v) is 2.38. The molecule has 0 unspecified atom stereocenters. The summed E-state index contributed by atoms with van der Waals surface area (Å²) in [5.74, 6) is 0.622. The van der Waals surface area contributed by atoms with Crippen LogP contribution in [0.2, 0.25) is 0 Å². The summed E-state index contributed by atoms with van der Waals surface area (Å²) in [5.41, 5.74) is 2.76. The summed E-state index contributed by atoms with van der Waals surface area (Å²) in [5, 5.41) is 0. The molecular weight excluding hydrogens is 200 g/mol. The van der Waals surface area contributed by atoms with E-state index >= 15 is 0 Å². The van der Waals surface area contributed by atoms with Crippen LogP contribution < -0.4 is 0 Å². The molecule has 0 aliphatic carbocycles. The van der Waals surface area contributed by atoms with Gasteiger partial charge in [-0.25, -0.2) is 0 Å². The van der Waals surface area contributed by atoms with E-state index in [9.17, 15) is 4.79 Å². The molecule has 1 aliphatic rings. The SMILES string of the molecule is O=CCCc1ccccc1C1CCOCC1. The van der Waals surface area contributed by atoms with Gasteiger partial charge in [0.25, 0.3) is 0 Å². The van der Waals surface area contributed by atoms with Crippen LogP contribution in [-0.4, -0.2) is 19.5 Å². The average molecular weight is 218 g/mol. The zero-order chi connectivity index (χ0) is 11.2. The highest BCUT2D eigenvalue weighted by molar-refractivity contribution is 5.50. The fourth-order valence-electron chi connectivity index (χ4n) is 2.38. The lowest BCUT2D eigenvalue weighted by Gasteiger charge is -2.24. The van der Waals surface area contributed by atoms with Gasteiger partial charge in [-0.15, -0.1) is 0 Å². The molecule has 2 heteroatoms. The highest BCUT2D eigenvalue weighted by Gasteiger charge is 2.17. The van der Waals surface area contributed by atoms with Crippen molar-refractivity contribution < 1.29 is 9.53 Å². The Labute approximate surface area is 96.6 Å². The molecule has 0 N–H and O–H groups in total. The smallest absolute Gasteiger partial charge is 0.120 e. The molecule has 0 bridgehead atoms. The number of hydrogen-bond acceptors (Lipinski definition) is 2. The van der Waals surface area contributed by atoms with E-state index in [1.807, 2.05) is 0 Å². The molecule has 0 spiro atoms. The molecule has 16 heavy (non-hydrogen) atoms. The molecule has 1 aromatic rings. The Morgan fingerprint density at radius 1 is 1.25 bits per heavy atom. The van der Waals surface area contributed by atoms with Gasteiger partial charge in [0.1, 0.15) is 6.29 Å². The molecule has 0 atom stereocenters. The van der Waals surface area contributed by atoms with Crippen LogP contribution >= 0.6 is 0 Å². The second kappa shape index (κ2) is 5.80. The van der Waals surface area contributed by atoms with Crippen molar-refractivity contribution in [2.75, 3.05) is 13.2 Å². The molecule has 1 aromatic carbocycles. The van der Waals surface area contributed by atoms with E-state index in [4.69, 9.17) is 4.74 Å². The first-order valence-corrected chi connectivity index (χ1v) is 6.01. The van der Waals surface area contributed by atoms with Crippen LogP contribution in [0.3, 0.4) is 0 Å². The second-order valence-corrected chi connectivity index (χ2v) is 4.29. The van der Waals surface area contributed by atoms with Crippen molar-refractivity contribution >= 4 is 6.29 Å². The minimum atomic E-state index is 0.622. The van der Waals surface area contributed by atoms with Crippen molar-refractivity contribution in [1.29, 1.82) is 0 Å². The zero-order valence-electron chi connectivity index (χ0n) is 9.52. The molecule has 2 rings (SSSR count). The maximum absolute atomic E-state index is 10.4. The second-order valence-electron chi connectivity index (χ2n) is 4.29. The van der Waals surface area contributed by atoms with E-state index in [1.165, 1.54) is 11.1 Å². The predicted octanol–water partition coefficient (Wildman–Crippen LogP) is 2.71. The van der Waals surface area contributed by atoms with E-state index in [0.29, 0.717) is 12.3 Å². The molecule has 2 nitrogen and oxygen atoms in total. The van der Waals surface area contributed by atoms with Crippen LogP contribution in [0.4, 0.5) is 0 Å². The molecule has 0 saturated carbocycles. The maximum atomic E-state index is 10.4. The summed E-state index contributed by atoms with van der Waals surface area (Å²) in [7, 11) is 0. The highest BCUT2D eigenvalue weighted by Crippen LogP contribution is 2.29. The molecule has 1 saturated heterocycles. The molecule has 1 fully saturated rings. The van der Waals surface area contributed by atoms with Gasteiger partial charge in [0, 0.05) is 19.6 Å². The van der Waals surface area contributed by atoms with E-state index in [0.717, 1.165) is 38.8 Å². The van der Waals surface area contributed by atoms with Gasteiger partial charge >= 0.3 is 0 Å². The third-order valence-electron chi connectivity index (χ3n) is 3.25. The number of hydrogen-bond donors (Lipinski definition) is 0. The van der Waals surface area contributed by atoms with Crippen molar-refractivity contribution in [1.82, 2.24) is 0 Å². The van der Waals surface area contributed by atoms with Gasteiger partial charge in [0.05, 0.1) is 0 Å². The number of carbonyl (C=O) groups excluding carboxylic acids is 1. The number of aryl methyl sites for hydroxylation is 1.